The third kappa shape index (κ3) is 2.52. The predicted molar refractivity (Wildman–Crippen MR) is 75.8 cm³/mol. The van der Waals surface area contributed by atoms with E-state index in [0.29, 0.717) is 16.7 Å². The highest BCUT2D eigenvalue weighted by Gasteiger charge is 2.62. The first-order valence-electron chi connectivity index (χ1n) is 7.13. The van der Waals surface area contributed by atoms with E-state index in [1.54, 1.807) is 0 Å². The van der Waals surface area contributed by atoms with Gasteiger partial charge in [0.25, 0.3) is 0 Å². The number of ether oxygens (including phenoxy) is 1. The molecule has 4 heteroatoms. The maximum absolute atomic E-state index is 12.9. The summed E-state index contributed by atoms with van der Waals surface area (Å²) in [5.41, 5.74) is 1.02. The lowest BCUT2D eigenvalue weighted by Gasteiger charge is -2.56. The smallest absolute Gasteiger partial charge is 0.249 e. The number of benzene rings is 1. The van der Waals surface area contributed by atoms with Gasteiger partial charge < -0.3 is 4.74 Å². The molecule has 0 N–H and O–H groups in total. The summed E-state index contributed by atoms with van der Waals surface area (Å²) in [4.78, 5) is 0. The third-order valence-electron chi connectivity index (χ3n) is 4.50. The van der Waals surface area contributed by atoms with Gasteiger partial charge >= 0.3 is 0 Å². The molecule has 0 bridgehead atoms. The zero-order valence-electron chi connectivity index (χ0n) is 11.8. The fourth-order valence-corrected chi connectivity index (χ4v) is 3.71. The van der Waals surface area contributed by atoms with E-state index < -0.39 is 5.92 Å². The van der Waals surface area contributed by atoms with Gasteiger partial charge in [0.1, 0.15) is 5.75 Å². The Labute approximate surface area is 123 Å². The van der Waals surface area contributed by atoms with Gasteiger partial charge in [-0.1, -0.05) is 31.5 Å². The zero-order chi connectivity index (χ0) is 14.5. The van der Waals surface area contributed by atoms with Crippen molar-refractivity contribution in [3.8, 4) is 5.75 Å². The number of alkyl halides is 2. The van der Waals surface area contributed by atoms with E-state index in [-0.39, 0.29) is 24.4 Å². The minimum atomic E-state index is -2.44. The van der Waals surface area contributed by atoms with Crippen molar-refractivity contribution in [1.82, 2.24) is 0 Å². The third-order valence-corrected chi connectivity index (χ3v) is 4.80. The summed E-state index contributed by atoms with van der Waals surface area (Å²) in [7, 11) is 0. The van der Waals surface area contributed by atoms with Crippen LogP contribution in [0.4, 0.5) is 8.78 Å². The molecule has 0 heterocycles. The van der Waals surface area contributed by atoms with Crippen molar-refractivity contribution in [2.75, 3.05) is 0 Å². The Bertz CT molecular complexity index is 511. The van der Waals surface area contributed by atoms with Crippen LogP contribution < -0.4 is 4.74 Å². The van der Waals surface area contributed by atoms with E-state index in [1.165, 1.54) is 5.56 Å². The van der Waals surface area contributed by atoms with Crippen LogP contribution in [0, 0.1) is 5.41 Å². The molecule has 0 unspecified atom stereocenters. The summed E-state index contributed by atoms with van der Waals surface area (Å²) < 4.78 is 31.7. The van der Waals surface area contributed by atoms with Crippen LogP contribution in [-0.2, 0) is 0 Å². The highest BCUT2D eigenvalue weighted by molar-refractivity contribution is 6.32. The van der Waals surface area contributed by atoms with Gasteiger partial charge in [0, 0.05) is 12.8 Å². The van der Waals surface area contributed by atoms with Crippen LogP contribution in [0.1, 0.15) is 51.0 Å². The SMILES string of the molecule is CC(C)c1ccc(OC2CC3(C2)CC(F)(F)C3)c(Cl)c1. The van der Waals surface area contributed by atoms with Gasteiger partial charge in [-0.2, -0.15) is 0 Å². The Morgan fingerprint density at radius 3 is 2.40 bits per heavy atom. The molecule has 0 atom stereocenters. The molecule has 2 aliphatic rings. The Hall–Kier alpha value is -0.830. The lowest BCUT2D eigenvalue weighted by atomic mass is 9.53. The molecule has 20 heavy (non-hydrogen) atoms. The van der Waals surface area contributed by atoms with Crippen LogP contribution in [0.2, 0.25) is 5.02 Å². The normalized spacial score (nSPS) is 23.5. The van der Waals surface area contributed by atoms with Gasteiger partial charge in [-0.15, -0.1) is 0 Å². The highest BCUT2D eigenvalue weighted by Crippen LogP contribution is 2.63. The molecule has 110 valence electrons. The molecule has 3 rings (SSSR count). The minimum Gasteiger partial charge on any atom is -0.489 e. The van der Waals surface area contributed by atoms with Crippen molar-refractivity contribution in [1.29, 1.82) is 0 Å². The van der Waals surface area contributed by atoms with E-state index in [4.69, 9.17) is 16.3 Å². The number of hydrogen-bond acceptors (Lipinski definition) is 1. The van der Waals surface area contributed by atoms with E-state index in [0.717, 1.165) is 12.8 Å². The van der Waals surface area contributed by atoms with E-state index in [1.807, 2.05) is 18.2 Å². The van der Waals surface area contributed by atoms with Gasteiger partial charge in [-0.25, -0.2) is 8.78 Å². The Balaban J connectivity index is 1.58. The molecule has 1 aromatic rings. The van der Waals surface area contributed by atoms with E-state index >= 15 is 0 Å². The fraction of sp³-hybridized carbons (Fsp3) is 0.625. The fourth-order valence-electron chi connectivity index (χ4n) is 3.47. The number of hydrogen-bond donors (Lipinski definition) is 0. The van der Waals surface area contributed by atoms with E-state index in [2.05, 4.69) is 13.8 Å². The molecule has 0 amide bonds. The van der Waals surface area contributed by atoms with Crippen molar-refractivity contribution >= 4 is 11.6 Å². The molecule has 0 radical (unpaired) electrons. The summed E-state index contributed by atoms with van der Waals surface area (Å²) >= 11 is 6.22. The van der Waals surface area contributed by atoms with Gasteiger partial charge in [-0.3, -0.25) is 0 Å². The maximum atomic E-state index is 12.9. The molecule has 1 nitrogen and oxygen atoms in total. The summed E-state index contributed by atoms with van der Waals surface area (Å²) in [6.07, 6.45) is 1.55. The van der Waals surface area contributed by atoms with Crippen molar-refractivity contribution in [2.24, 2.45) is 5.41 Å². The van der Waals surface area contributed by atoms with Crippen molar-refractivity contribution in [3.63, 3.8) is 0 Å². The second-order valence-corrected chi connectivity index (χ2v) is 7.11. The van der Waals surface area contributed by atoms with Crippen LogP contribution in [-0.4, -0.2) is 12.0 Å². The van der Waals surface area contributed by atoms with Crippen LogP contribution in [0.3, 0.4) is 0 Å². The Morgan fingerprint density at radius 1 is 1.25 bits per heavy atom. The standard InChI is InChI=1S/C16H19ClF2O/c1-10(2)11-3-4-14(13(17)5-11)20-12-6-15(7-12)8-16(18,19)9-15/h3-5,10,12H,6-9H2,1-2H3. The van der Waals surface area contributed by atoms with Gasteiger partial charge in [0.2, 0.25) is 5.92 Å². The van der Waals surface area contributed by atoms with Gasteiger partial charge in [0.05, 0.1) is 11.1 Å². The molecule has 1 aromatic carbocycles. The topological polar surface area (TPSA) is 9.23 Å². The summed E-state index contributed by atoms with van der Waals surface area (Å²) in [5, 5.41) is 0.607. The molecule has 2 fully saturated rings. The molecule has 0 saturated heterocycles. The van der Waals surface area contributed by atoms with Gasteiger partial charge in [-0.05, 0) is 41.9 Å². The molecule has 1 spiro atoms. The van der Waals surface area contributed by atoms with Gasteiger partial charge in [0.15, 0.2) is 0 Å². The lowest BCUT2D eigenvalue weighted by Crippen LogP contribution is -2.56. The van der Waals surface area contributed by atoms with Crippen LogP contribution in [0.25, 0.3) is 0 Å². The average molecular weight is 301 g/mol. The summed E-state index contributed by atoms with van der Waals surface area (Å²) in [6.45, 7) is 4.22. The second kappa shape index (κ2) is 4.59. The monoisotopic (exact) mass is 300 g/mol. The molecule has 2 aliphatic carbocycles. The maximum Gasteiger partial charge on any atom is 0.249 e. The zero-order valence-corrected chi connectivity index (χ0v) is 12.5. The Morgan fingerprint density at radius 2 is 1.90 bits per heavy atom. The Kier molecular flexibility index (Phi) is 3.24. The predicted octanol–water partition coefficient (Wildman–Crippen LogP) is 5.42. The first-order chi connectivity index (χ1) is 9.29. The lowest BCUT2D eigenvalue weighted by molar-refractivity contribution is -0.214. The molecular formula is C16H19ClF2O. The molecule has 2 saturated carbocycles. The van der Waals surface area contributed by atoms with Crippen LogP contribution >= 0.6 is 11.6 Å². The first-order valence-corrected chi connectivity index (χ1v) is 7.50. The largest absolute Gasteiger partial charge is 0.489 e. The first kappa shape index (κ1) is 14.1. The van der Waals surface area contributed by atoms with Crippen molar-refractivity contribution < 1.29 is 13.5 Å². The van der Waals surface area contributed by atoms with Crippen molar-refractivity contribution in [3.05, 3.63) is 28.8 Å². The summed E-state index contributed by atoms with van der Waals surface area (Å²) in [5.74, 6) is -1.35. The highest BCUT2D eigenvalue weighted by atomic mass is 35.5. The van der Waals surface area contributed by atoms with Crippen LogP contribution in [0.5, 0.6) is 5.75 Å². The minimum absolute atomic E-state index is 0.0277. The average Bonchev–Trinajstić information content (AvgIpc) is 2.26. The quantitative estimate of drug-likeness (QED) is 0.724. The van der Waals surface area contributed by atoms with Crippen molar-refractivity contribution in [2.45, 2.75) is 57.5 Å². The summed E-state index contributed by atoms with van der Waals surface area (Å²) in [6, 6.07) is 5.82. The van der Waals surface area contributed by atoms with E-state index in [9.17, 15) is 8.78 Å². The molecule has 0 aromatic heterocycles. The second-order valence-electron chi connectivity index (χ2n) is 6.70. The number of halogens is 3. The van der Waals surface area contributed by atoms with Crippen LogP contribution in [0.15, 0.2) is 18.2 Å². The molecule has 0 aliphatic heterocycles. The molecular weight excluding hydrogens is 282 g/mol. The number of rotatable bonds is 3.